The lowest BCUT2D eigenvalue weighted by molar-refractivity contribution is 0.0780. The van der Waals surface area contributed by atoms with E-state index in [1.165, 1.54) is 23.3 Å². The summed E-state index contributed by atoms with van der Waals surface area (Å²) in [5, 5.41) is 0. The highest BCUT2D eigenvalue weighted by atomic mass is 79.9. The minimum Gasteiger partial charge on any atom is -0.472 e. The number of rotatable bonds is 3. The van der Waals surface area contributed by atoms with Gasteiger partial charge in [-0.05, 0) is 24.3 Å². The van der Waals surface area contributed by atoms with E-state index in [2.05, 4.69) is 15.9 Å². The Hall–Kier alpha value is -1.62. The van der Waals surface area contributed by atoms with Gasteiger partial charge in [0.15, 0.2) is 0 Å². The Bertz CT molecular complexity index is 554. The number of furan rings is 1. The van der Waals surface area contributed by atoms with Gasteiger partial charge < -0.3 is 9.32 Å². The number of carbonyl (C=O) groups is 1. The van der Waals surface area contributed by atoms with E-state index in [4.69, 9.17) is 4.42 Å². The van der Waals surface area contributed by atoms with Gasteiger partial charge in [0.2, 0.25) is 0 Å². The maximum Gasteiger partial charge on any atom is 0.256 e. The third-order valence-electron chi connectivity index (χ3n) is 2.51. The highest BCUT2D eigenvalue weighted by Gasteiger charge is 2.16. The van der Waals surface area contributed by atoms with Crippen molar-refractivity contribution >= 4 is 21.8 Å². The van der Waals surface area contributed by atoms with E-state index in [9.17, 15) is 9.18 Å². The normalized spacial score (nSPS) is 10.4. The molecule has 0 N–H and O–H groups in total. The fourth-order valence-electron chi connectivity index (χ4n) is 1.60. The second kappa shape index (κ2) is 5.35. The first-order chi connectivity index (χ1) is 8.58. The zero-order chi connectivity index (χ0) is 13.1. The minimum absolute atomic E-state index is 0.0594. The molecule has 0 radical (unpaired) electrons. The van der Waals surface area contributed by atoms with E-state index in [0.717, 1.165) is 5.56 Å². The Morgan fingerprint density at radius 2 is 2.22 bits per heavy atom. The van der Waals surface area contributed by atoms with Gasteiger partial charge in [0, 0.05) is 23.6 Å². The van der Waals surface area contributed by atoms with Gasteiger partial charge in [0.05, 0.1) is 18.1 Å². The Morgan fingerprint density at radius 3 is 2.83 bits per heavy atom. The van der Waals surface area contributed by atoms with Crippen molar-refractivity contribution in [2.24, 2.45) is 0 Å². The molecular weight excluding hydrogens is 301 g/mol. The molecule has 2 aromatic rings. The molecule has 2 rings (SSSR count). The van der Waals surface area contributed by atoms with Gasteiger partial charge in [0.25, 0.3) is 5.91 Å². The van der Waals surface area contributed by atoms with Gasteiger partial charge in [-0.2, -0.15) is 0 Å². The molecule has 1 amide bonds. The molecule has 18 heavy (non-hydrogen) atoms. The van der Waals surface area contributed by atoms with Crippen LogP contribution >= 0.6 is 15.9 Å². The number of carbonyl (C=O) groups excluding carboxylic acids is 1. The van der Waals surface area contributed by atoms with Crippen LogP contribution in [0.5, 0.6) is 0 Å². The molecule has 0 bridgehead atoms. The van der Waals surface area contributed by atoms with Crippen molar-refractivity contribution in [2.75, 3.05) is 7.05 Å². The number of amides is 1. The van der Waals surface area contributed by atoms with Crippen LogP contribution in [0.4, 0.5) is 4.39 Å². The zero-order valence-electron chi connectivity index (χ0n) is 9.69. The monoisotopic (exact) mass is 311 g/mol. The summed E-state index contributed by atoms with van der Waals surface area (Å²) < 4.78 is 19.2. The summed E-state index contributed by atoms with van der Waals surface area (Å²) in [5.41, 5.74) is 0.924. The first kappa shape index (κ1) is 12.8. The van der Waals surface area contributed by atoms with Gasteiger partial charge in [-0.1, -0.05) is 15.9 Å². The summed E-state index contributed by atoms with van der Waals surface area (Å²) in [5.74, 6) is -0.894. The van der Waals surface area contributed by atoms with E-state index in [0.29, 0.717) is 11.0 Å². The Balaban J connectivity index is 2.15. The lowest BCUT2D eigenvalue weighted by Crippen LogP contribution is -2.26. The molecule has 3 nitrogen and oxygen atoms in total. The molecule has 5 heteroatoms. The summed E-state index contributed by atoms with van der Waals surface area (Å²) in [7, 11) is 1.62. The van der Waals surface area contributed by atoms with Crippen LogP contribution < -0.4 is 0 Å². The summed E-state index contributed by atoms with van der Waals surface area (Å²) >= 11 is 3.15. The molecule has 1 aromatic heterocycles. The predicted octanol–water partition coefficient (Wildman–Crippen LogP) is 3.45. The maximum atomic E-state index is 13.6. The third-order valence-corrected chi connectivity index (χ3v) is 3.00. The highest BCUT2D eigenvalue weighted by Crippen LogP contribution is 2.17. The van der Waals surface area contributed by atoms with Crippen molar-refractivity contribution in [1.29, 1.82) is 0 Å². The molecule has 0 unspecified atom stereocenters. The summed E-state index contributed by atoms with van der Waals surface area (Å²) in [4.78, 5) is 13.5. The number of halogens is 2. The number of benzene rings is 1. The number of hydrogen-bond acceptors (Lipinski definition) is 2. The van der Waals surface area contributed by atoms with Crippen molar-refractivity contribution < 1.29 is 13.6 Å². The largest absolute Gasteiger partial charge is 0.472 e. The molecule has 1 aromatic carbocycles. The van der Waals surface area contributed by atoms with E-state index in [1.807, 2.05) is 0 Å². The van der Waals surface area contributed by atoms with E-state index < -0.39 is 5.82 Å². The zero-order valence-corrected chi connectivity index (χ0v) is 11.3. The summed E-state index contributed by atoms with van der Waals surface area (Å²) in [6.07, 6.45) is 3.09. The second-order valence-electron chi connectivity index (χ2n) is 3.92. The van der Waals surface area contributed by atoms with Gasteiger partial charge >= 0.3 is 0 Å². The van der Waals surface area contributed by atoms with Crippen LogP contribution in [-0.2, 0) is 6.54 Å². The average molecular weight is 312 g/mol. The molecule has 1 heterocycles. The molecular formula is C13H11BrFNO2. The topological polar surface area (TPSA) is 33.5 Å². The maximum absolute atomic E-state index is 13.6. The standard InChI is InChI=1S/C13H11BrFNO2/c1-16(7-9-4-5-18-8-9)13(17)11-3-2-10(14)6-12(11)15/h2-6,8H,7H2,1H3. The van der Waals surface area contributed by atoms with Crippen LogP contribution in [0.2, 0.25) is 0 Å². The molecule has 0 fully saturated rings. The predicted molar refractivity (Wildman–Crippen MR) is 68.6 cm³/mol. The molecule has 0 aliphatic rings. The Labute approximate surface area is 112 Å². The smallest absolute Gasteiger partial charge is 0.256 e. The lowest BCUT2D eigenvalue weighted by Gasteiger charge is -2.16. The van der Waals surface area contributed by atoms with Crippen LogP contribution in [-0.4, -0.2) is 17.9 Å². The molecule has 0 saturated heterocycles. The lowest BCUT2D eigenvalue weighted by atomic mass is 10.2. The molecule has 94 valence electrons. The fourth-order valence-corrected chi connectivity index (χ4v) is 1.93. The van der Waals surface area contributed by atoms with E-state index >= 15 is 0 Å². The van der Waals surface area contributed by atoms with Crippen LogP contribution in [0.25, 0.3) is 0 Å². The van der Waals surface area contributed by atoms with Crippen LogP contribution in [0, 0.1) is 5.82 Å². The van der Waals surface area contributed by atoms with Crippen molar-refractivity contribution in [3.8, 4) is 0 Å². The van der Waals surface area contributed by atoms with Crippen molar-refractivity contribution in [1.82, 2.24) is 4.90 Å². The molecule has 0 saturated carbocycles. The average Bonchev–Trinajstić information content (AvgIpc) is 2.81. The van der Waals surface area contributed by atoms with E-state index in [-0.39, 0.29) is 11.5 Å². The Kier molecular flexibility index (Phi) is 3.81. The molecule has 0 spiro atoms. The first-order valence-corrected chi connectivity index (χ1v) is 6.09. The quantitative estimate of drug-likeness (QED) is 0.870. The molecule has 0 aliphatic heterocycles. The third kappa shape index (κ3) is 2.79. The van der Waals surface area contributed by atoms with Crippen LogP contribution in [0.3, 0.4) is 0 Å². The molecule has 0 atom stereocenters. The number of hydrogen-bond donors (Lipinski definition) is 0. The Morgan fingerprint density at radius 1 is 1.44 bits per heavy atom. The van der Waals surface area contributed by atoms with Gasteiger partial charge in [-0.15, -0.1) is 0 Å². The summed E-state index contributed by atoms with van der Waals surface area (Å²) in [6, 6.07) is 6.15. The van der Waals surface area contributed by atoms with Crippen LogP contribution in [0.15, 0.2) is 45.7 Å². The highest BCUT2D eigenvalue weighted by molar-refractivity contribution is 9.10. The fraction of sp³-hybridized carbons (Fsp3) is 0.154. The van der Waals surface area contributed by atoms with Gasteiger partial charge in [-0.3, -0.25) is 4.79 Å². The summed E-state index contributed by atoms with van der Waals surface area (Å²) in [6.45, 7) is 0.380. The van der Waals surface area contributed by atoms with E-state index in [1.54, 1.807) is 25.4 Å². The minimum atomic E-state index is -0.534. The van der Waals surface area contributed by atoms with Gasteiger partial charge in [0.1, 0.15) is 5.82 Å². The van der Waals surface area contributed by atoms with Crippen molar-refractivity contribution in [3.05, 3.63) is 58.2 Å². The molecule has 0 aliphatic carbocycles. The first-order valence-electron chi connectivity index (χ1n) is 5.29. The van der Waals surface area contributed by atoms with Crippen molar-refractivity contribution in [3.63, 3.8) is 0 Å². The van der Waals surface area contributed by atoms with Gasteiger partial charge in [-0.25, -0.2) is 4.39 Å². The van der Waals surface area contributed by atoms with Crippen molar-refractivity contribution in [2.45, 2.75) is 6.54 Å². The second-order valence-corrected chi connectivity index (χ2v) is 4.83. The SMILES string of the molecule is CN(Cc1ccoc1)C(=O)c1ccc(Br)cc1F. The van der Waals surface area contributed by atoms with Crippen LogP contribution in [0.1, 0.15) is 15.9 Å². The number of nitrogens with zero attached hydrogens (tertiary/aromatic N) is 1.